The Bertz CT molecular complexity index is 1290. The molecule has 0 aliphatic carbocycles. The van der Waals surface area contributed by atoms with Gasteiger partial charge in [-0.3, -0.25) is 4.68 Å². The number of para-hydroxylation sites is 1. The van der Waals surface area contributed by atoms with E-state index in [-0.39, 0.29) is 4.90 Å². The van der Waals surface area contributed by atoms with Crippen molar-refractivity contribution < 1.29 is 8.42 Å². The van der Waals surface area contributed by atoms with Gasteiger partial charge in [-0.15, -0.1) is 0 Å². The van der Waals surface area contributed by atoms with Gasteiger partial charge in [0.1, 0.15) is 5.82 Å². The second-order valence-electron chi connectivity index (χ2n) is 6.81. The van der Waals surface area contributed by atoms with E-state index >= 15 is 0 Å². The molecule has 0 saturated carbocycles. The van der Waals surface area contributed by atoms with Crippen LogP contribution in [0.1, 0.15) is 5.56 Å². The fourth-order valence-corrected chi connectivity index (χ4v) is 3.56. The average molecular weight is 424 g/mol. The molecule has 2 aromatic heterocycles. The fourth-order valence-electron chi connectivity index (χ4n) is 3.05. The molecule has 0 saturated heterocycles. The van der Waals surface area contributed by atoms with Crippen molar-refractivity contribution in [2.24, 2.45) is 12.2 Å². The number of nitrogens with one attached hydrogen (secondary N) is 1. The molecule has 10 heteroatoms. The third-order valence-corrected chi connectivity index (χ3v) is 5.66. The van der Waals surface area contributed by atoms with Crippen molar-refractivity contribution in [2.75, 3.05) is 17.3 Å². The Balaban J connectivity index is 1.65. The first-order chi connectivity index (χ1) is 14.3. The minimum absolute atomic E-state index is 0.0784. The van der Waals surface area contributed by atoms with Crippen LogP contribution in [0, 0.1) is 0 Å². The Morgan fingerprint density at radius 2 is 1.77 bits per heavy atom. The standard InChI is InChI=1S/C20H21N7O2S/c1-26(15-6-4-3-5-7-15)20-24-18(17-13-23-27(2)19(17)25-20)22-12-14-8-10-16(11-9-14)30(21,28)29/h3-11,13H,12H2,1-2H3,(H2,21,28,29)(H,22,24,25). The molecule has 30 heavy (non-hydrogen) atoms. The number of primary sulfonamides is 1. The van der Waals surface area contributed by atoms with E-state index in [2.05, 4.69) is 15.4 Å². The van der Waals surface area contributed by atoms with Gasteiger partial charge in [0, 0.05) is 26.3 Å². The summed E-state index contributed by atoms with van der Waals surface area (Å²) in [6.07, 6.45) is 1.72. The van der Waals surface area contributed by atoms with Gasteiger partial charge < -0.3 is 10.2 Å². The first kappa shape index (κ1) is 19.8. The number of hydrogen-bond donors (Lipinski definition) is 2. The zero-order chi connectivity index (χ0) is 21.3. The van der Waals surface area contributed by atoms with Crippen LogP contribution in [0.3, 0.4) is 0 Å². The molecule has 0 aliphatic rings. The van der Waals surface area contributed by atoms with Crippen LogP contribution >= 0.6 is 0 Å². The maximum Gasteiger partial charge on any atom is 0.238 e. The molecule has 0 fully saturated rings. The number of aryl methyl sites for hydroxylation is 1. The van der Waals surface area contributed by atoms with Crippen molar-refractivity contribution in [2.45, 2.75) is 11.4 Å². The highest BCUT2D eigenvalue weighted by molar-refractivity contribution is 7.89. The van der Waals surface area contributed by atoms with Crippen molar-refractivity contribution in [3.63, 3.8) is 0 Å². The van der Waals surface area contributed by atoms with Gasteiger partial charge in [-0.1, -0.05) is 30.3 Å². The van der Waals surface area contributed by atoms with Gasteiger partial charge in [0.2, 0.25) is 16.0 Å². The number of sulfonamides is 1. The number of anilines is 3. The number of aromatic nitrogens is 4. The Hall–Kier alpha value is -3.50. The summed E-state index contributed by atoms with van der Waals surface area (Å²) in [5.74, 6) is 1.17. The van der Waals surface area contributed by atoms with E-state index in [0.29, 0.717) is 24.0 Å². The van der Waals surface area contributed by atoms with Crippen LogP contribution in [-0.2, 0) is 23.6 Å². The lowest BCUT2D eigenvalue weighted by Crippen LogP contribution is -2.15. The maximum absolute atomic E-state index is 11.4. The van der Waals surface area contributed by atoms with Crippen molar-refractivity contribution in [1.29, 1.82) is 0 Å². The summed E-state index contributed by atoms with van der Waals surface area (Å²) in [5, 5.41) is 13.6. The van der Waals surface area contributed by atoms with E-state index in [1.807, 2.05) is 49.3 Å². The number of nitrogens with two attached hydrogens (primary N) is 1. The Morgan fingerprint density at radius 1 is 1.07 bits per heavy atom. The molecule has 0 aliphatic heterocycles. The van der Waals surface area contributed by atoms with Gasteiger partial charge in [-0.05, 0) is 29.8 Å². The van der Waals surface area contributed by atoms with Crippen molar-refractivity contribution in [3.8, 4) is 0 Å². The van der Waals surface area contributed by atoms with Crippen LogP contribution in [0.5, 0.6) is 0 Å². The molecular formula is C20H21N7O2S. The Labute approximate surface area is 174 Å². The van der Waals surface area contributed by atoms with Crippen LogP contribution in [-0.4, -0.2) is 35.2 Å². The van der Waals surface area contributed by atoms with Gasteiger partial charge in [0.15, 0.2) is 5.65 Å². The maximum atomic E-state index is 11.4. The Kier molecular flexibility index (Phi) is 5.10. The number of benzene rings is 2. The summed E-state index contributed by atoms with van der Waals surface area (Å²) >= 11 is 0. The molecule has 9 nitrogen and oxygen atoms in total. The van der Waals surface area contributed by atoms with Crippen LogP contribution in [0.15, 0.2) is 65.7 Å². The molecule has 0 unspecified atom stereocenters. The minimum atomic E-state index is -3.71. The molecule has 2 heterocycles. The van der Waals surface area contributed by atoms with Crippen LogP contribution in [0.25, 0.3) is 11.0 Å². The zero-order valence-electron chi connectivity index (χ0n) is 16.5. The molecular weight excluding hydrogens is 402 g/mol. The van der Waals surface area contributed by atoms with Gasteiger partial charge in [-0.25, -0.2) is 13.6 Å². The van der Waals surface area contributed by atoms with Crippen molar-refractivity contribution >= 4 is 38.5 Å². The van der Waals surface area contributed by atoms with Gasteiger partial charge in [-0.2, -0.15) is 15.1 Å². The first-order valence-electron chi connectivity index (χ1n) is 9.17. The topological polar surface area (TPSA) is 119 Å². The minimum Gasteiger partial charge on any atom is -0.365 e. The number of rotatable bonds is 6. The molecule has 3 N–H and O–H groups in total. The van der Waals surface area contributed by atoms with E-state index in [9.17, 15) is 8.42 Å². The molecule has 0 bridgehead atoms. The molecule has 154 valence electrons. The highest BCUT2D eigenvalue weighted by Crippen LogP contribution is 2.26. The largest absolute Gasteiger partial charge is 0.365 e. The molecule has 0 spiro atoms. The quantitative estimate of drug-likeness (QED) is 0.489. The zero-order valence-corrected chi connectivity index (χ0v) is 17.3. The highest BCUT2D eigenvalue weighted by atomic mass is 32.2. The normalized spacial score (nSPS) is 11.6. The molecule has 4 aromatic rings. The summed E-state index contributed by atoms with van der Waals surface area (Å²) in [4.78, 5) is 11.3. The predicted octanol–water partition coefficient (Wildman–Crippen LogP) is 2.39. The van der Waals surface area contributed by atoms with Crippen LogP contribution < -0.4 is 15.4 Å². The van der Waals surface area contributed by atoms with E-state index in [1.165, 1.54) is 12.1 Å². The second kappa shape index (κ2) is 7.73. The second-order valence-corrected chi connectivity index (χ2v) is 8.38. The van der Waals surface area contributed by atoms with Gasteiger partial charge in [0.05, 0.1) is 16.5 Å². The fraction of sp³-hybridized carbons (Fsp3) is 0.150. The third kappa shape index (κ3) is 3.95. The summed E-state index contributed by atoms with van der Waals surface area (Å²) in [5.41, 5.74) is 2.55. The molecule has 4 rings (SSSR count). The summed E-state index contributed by atoms with van der Waals surface area (Å²) in [6.45, 7) is 0.445. The third-order valence-electron chi connectivity index (χ3n) is 4.74. The lowest BCUT2D eigenvalue weighted by molar-refractivity contribution is 0.598. The van der Waals surface area contributed by atoms with E-state index in [0.717, 1.165) is 16.6 Å². The number of fused-ring (bicyclic) bond motifs is 1. The Morgan fingerprint density at radius 3 is 2.43 bits per heavy atom. The molecule has 2 aromatic carbocycles. The summed E-state index contributed by atoms with van der Waals surface area (Å²) in [6, 6.07) is 16.2. The average Bonchev–Trinajstić information content (AvgIpc) is 3.12. The van der Waals surface area contributed by atoms with Gasteiger partial charge >= 0.3 is 0 Å². The van der Waals surface area contributed by atoms with E-state index < -0.39 is 10.0 Å². The SMILES string of the molecule is CN(c1ccccc1)c1nc(NCc2ccc(S(N)(=O)=O)cc2)c2cnn(C)c2n1. The number of nitrogens with zero attached hydrogens (tertiary/aromatic N) is 5. The van der Waals surface area contributed by atoms with Crippen molar-refractivity contribution in [1.82, 2.24) is 19.7 Å². The first-order valence-corrected chi connectivity index (χ1v) is 10.7. The highest BCUT2D eigenvalue weighted by Gasteiger charge is 2.15. The number of hydrogen-bond acceptors (Lipinski definition) is 7. The van der Waals surface area contributed by atoms with E-state index in [1.54, 1.807) is 23.0 Å². The van der Waals surface area contributed by atoms with E-state index in [4.69, 9.17) is 10.1 Å². The van der Waals surface area contributed by atoms with Crippen LogP contribution in [0.4, 0.5) is 17.5 Å². The van der Waals surface area contributed by atoms with Gasteiger partial charge in [0.25, 0.3) is 0 Å². The summed E-state index contributed by atoms with van der Waals surface area (Å²) in [7, 11) is 0.0243. The molecule has 0 radical (unpaired) electrons. The smallest absolute Gasteiger partial charge is 0.238 e. The molecule has 0 amide bonds. The van der Waals surface area contributed by atoms with Crippen molar-refractivity contribution in [3.05, 3.63) is 66.4 Å². The van der Waals surface area contributed by atoms with Crippen LogP contribution in [0.2, 0.25) is 0 Å². The monoisotopic (exact) mass is 423 g/mol. The lowest BCUT2D eigenvalue weighted by Gasteiger charge is -2.18. The predicted molar refractivity (Wildman–Crippen MR) is 116 cm³/mol. The lowest BCUT2D eigenvalue weighted by atomic mass is 10.2. The summed E-state index contributed by atoms with van der Waals surface area (Å²) < 4.78 is 24.5. The molecule has 0 atom stereocenters.